The van der Waals surface area contributed by atoms with E-state index in [2.05, 4.69) is 5.32 Å². The maximum Gasteiger partial charge on any atom is 0.197 e. The minimum Gasteiger partial charge on any atom is -0.493 e. The van der Waals surface area contributed by atoms with Gasteiger partial charge in [0, 0.05) is 0 Å². The molecule has 1 aromatic rings. The molecule has 2 rings (SSSR count). The van der Waals surface area contributed by atoms with Crippen molar-refractivity contribution in [3.05, 3.63) is 23.5 Å². The minimum absolute atomic E-state index is 0.212. The number of benzene rings is 1. The maximum atomic E-state index is 14.3. The van der Waals surface area contributed by atoms with E-state index in [0.29, 0.717) is 11.7 Å². The molecule has 3 nitrogen and oxygen atoms in total. The fourth-order valence-corrected chi connectivity index (χ4v) is 2.48. The molecule has 1 fully saturated rings. The summed E-state index contributed by atoms with van der Waals surface area (Å²) in [6.45, 7) is 2.05. The molecule has 0 amide bonds. The zero-order valence-electron chi connectivity index (χ0n) is 11.0. The molecule has 1 saturated heterocycles. The predicted octanol–water partition coefficient (Wildman–Crippen LogP) is 2.39. The second-order valence-electron chi connectivity index (χ2n) is 4.67. The third kappa shape index (κ3) is 2.75. The molecule has 0 aromatic heterocycles. The summed E-state index contributed by atoms with van der Waals surface area (Å²) in [5.74, 6) is 0.933. The molecule has 100 valence electrons. The molecule has 0 spiro atoms. The van der Waals surface area contributed by atoms with Gasteiger partial charge in [-0.2, -0.15) is 0 Å². The fraction of sp³-hybridized carbons (Fsp3) is 0.571. The lowest BCUT2D eigenvalue weighted by molar-refractivity contribution is 0.331. The molecule has 1 aliphatic heterocycles. The summed E-state index contributed by atoms with van der Waals surface area (Å²) < 4.78 is 24.4. The van der Waals surface area contributed by atoms with E-state index in [-0.39, 0.29) is 11.6 Å². The molecule has 0 saturated carbocycles. The van der Waals surface area contributed by atoms with Gasteiger partial charge in [0.2, 0.25) is 0 Å². The summed E-state index contributed by atoms with van der Waals surface area (Å²) in [6, 6.07) is 3.58. The van der Waals surface area contributed by atoms with E-state index in [1.54, 1.807) is 12.1 Å². The first kappa shape index (κ1) is 13.1. The van der Waals surface area contributed by atoms with Gasteiger partial charge in [0.05, 0.1) is 14.2 Å². The lowest BCUT2D eigenvalue weighted by atomic mass is 9.90. The lowest BCUT2D eigenvalue weighted by Gasteiger charge is -2.23. The number of rotatable bonds is 4. The molecule has 0 bridgehead atoms. The van der Waals surface area contributed by atoms with Crippen molar-refractivity contribution in [1.82, 2.24) is 5.32 Å². The standard InChI is InChI=1S/C14H20FNO2/c1-17-12-4-3-11(13(15)14(12)18-2)9-10-5-7-16-8-6-10/h3-4,10,16H,5-9H2,1-2H3. The predicted molar refractivity (Wildman–Crippen MR) is 68.8 cm³/mol. The Hall–Kier alpha value is -1.29. The molecule has 1 aromatic carbocycles. The van der Waals surface area contributed by atoms with E-state index in [9.17, 15) is 4.39 Å². The van der Waals surface area contributed by atoms with Crippen LogP contribution in [0.25, 0.3) is 0 Å². The van der Waals surface area contributed by atoms with Gasteiger partial charge in [-0.15, -0.1) is 0 Å². The third-order valence-corrected chi connectivity index (χ3v) is 3.53. The lowest BCUT2D eigenvalue weighted by Crippen LogP contribution is -2.28. The van der Waals surface area contributed by atoms with Crippen molar-refractivity contribution < 1.29 is 13.9 Å². The average Bonchev–Trinajstić information content (AvgIpc) is 2.42. The largest absolute Gasteiger partial charge is 0.493 e. The number of piperidine rings is 1. The van der Waals surface area contributed by atoms with Crippen LogP contribution in [0.3, 0.4) is 0 Å². The van der Waals surface area contributed by atoms with Gasteiger partial charge in [-0.3, -0.25) is 0 Å². The number of ether oxygens (including phenoxy) is 2. The Bertz CT molecular complexity index is 403. The molecular weight excluding hydrogens is 233 g/mol. The molecule has 1 N–H and O–H groups in total. The first-order valence-corrected chi connectivity index (χ1v) is 6.36. The highest BCUT2D eigenvalue weighted by atomic mass is 19.1. The number of halogens is 1. The number of nitrogens with one attached hydrogen (secondary N) is 1. The number of methoxy groups -OCH3 is 2. The van der Waals surface area contributed by atoms with Crippen molar-refractivity contribution in [3.63, 3.8) is 0 Å². The molecule has 0 aliphatic carbocycles. The maximum absolute atomic E-state index is 14.3. The number of hydrogen-bond donors (Lipinski definition) is 1. The summed E-state index contributed by atoms with van der Waals surface area (Å²) in [4.78, 5) is 0. The highest BCUT2D eigenvalue weighted by Crippen LogP contribution is 2.33. The topological polar surface area (TPSA) is 30.5 Å². The van der Waals surface area contributed by atoms with Gasteiger partial charge in [0.1, 0.15) is 0 Å². The van der Waals surface area contributed by atoms with Gasteiger partial charge >= 0.3 is 0 Å². The van der Waals surface area contributed by atoms with Crippen LogP contribution in [0.15, 0.2) is 12.1 Å². The molecule has 1 aliphatic rings. The minimum atomic E-state index is -0.282. The van der Waals surface area contributed by atoms with Crippen molar-refractivity contribution in [3.8, 4) is 11.5 Å². The van der Waals surface area contributed by atoms with E-state index in [0.717, 1.165) is 37.9 Å². The van der Waals surface area contributed by atoms with Crippen molar-refractivity contribution in [1.29, 1.82) is 0 Å². The van der Waals surface area contributed by atoms with Gasteiger partial charge in [-0.1, -0.05) is 6.07 Å². The van der Waals surface area contributed by atoms with E-state index in [1.165, 1.54) is 14.2 Å². The highest BCUT2D eigenvalue weighted by Gasteiger charge is 2.19. The van der Waals surface area contributed by atoms with Gasteiger partial charge in [-0.25, -0.2) is 4.39 Å². The number of hydrogen-bond acceptors (Lipinski definition) is 3. The first-order valence-electron chi connectivity index (χ1n) is 6.36. The van der Waals surface area contributed by atoms with Crippen LogP contribution in [0, 0.1) is 11.7 Å². The normalized spacial score (nSPS) is 16.6. The van der Waals surface area contributed by atoms with Gasteiger partial charge in [-0.05, 0) is 49.9 Å². The first-order chi connectivity index (χ1) is 8.76. The van der Waals surface area contributed by atoms with Crippen LogP contribution in [-0.4, -0.2) is 27.3 Å². The average molecular weight is 253 g/mol. The smallest absolute Gasteiger partial charge is 0.197 e. The summed E-state index contributed by atoms with van der Waals surface area (Å²) in [5.41, 5.74) is 0.722. The Morgan fingerprint density at radius 1 is 1.22 bits per heavy atom. The fourth-order valence-electron chi connectivity index (χ4n) is 2.48. The van der Waals surface area contributed by atoms with E-state index in [1.807, 2.05) is 0 Å². The van der Waals surface area contributed by atoms with Crippen molar-refractivity contribution in [2.45, 2.75) is 19.3 Å². The monoisotopic (exact) mass is 253 g/mol. The van der Waals surface area contributed by atoms with E-state index in [4.69, 9.17) is 9.47 Å². The quantitative estimate of drug-likeness (QED) is 0.893. The molecule has 1 heterocycles. The van der Waals surface area contributed by atoms with Crippen molar-refractivity contribution in [2.75, 3.05) is 27.3 Å². The summed E-state index contributed by atoms with van der Waals surface area (Å²) in [5, 5.41) is 3.32. The van der Waals surface area contributed by atoms with Crippen LogP contribution in [-0.2, 0) is 6.42 Å². The molecular formula is C14H20FNO2. The molecule has 0 unspecified atom stereocenters. The van der Waals surface area contributed by atoms with Crippen LogP contribution in [0.5, 0.6) is 11.5 Å². The van der Waals surface area contributed by atoms with E-state index < -0.39 is 0 Å². The zero-order chi connectivity index (χ0) is 13.0. The molecule has 0 atom stereocenters. The Morgan fingerprint density at radius 3 is 2.56 bits per heavy atom. The Kier molecular flexibility index (Phi) is 4.42. The molecule has 4 heteroatoms. The third-order valence-electron chi connectivity index (χ3n) is 3.53. The second kappa shape index (κ2) is 6.05. The molecule has 0 radical (unpaired) electrons. The highest BCUT2D eigenvalue weighted by molar-refractivity contribution is 5.44. The van der Waals surface area contributed by atoms with Crippen molar-refractivity contribution in [2.24, 2.45) is 5.92 Å². The SMILES string of the molecule is COc1ccc(CC2CCNCC2)c(F)c1OC. The van der Waals surface area contributed by atoms with Gasteiger partial charge in [0.15, 0.2) is 17.3 Å². The summed E-state index contributed by atoms with van der Waals surface area (Å²) in [6.07, 6.45) is 2.98. The molecule has 18 heavy (non-hydrogen) atoms. The second-order valence-corrected chi connectivity index (χ2v) is 4.67. The van der Waals surface area contributed by atoms with E-state index >= 15 is 0 Å². The van der Waals surface area contributed by atoms with Crippen LogP contribution >= 0.6 is 0 Å². The van der Waals surface area contributed by atoms with Crippen molar-refractivity contribution >= 4 is 0 Å². The Balaban J connectivity index is 2.17. The zero-order valence-corrected chi connectivity index (χ0v) is 11.0. The Morgan fingerprint density at radius 2 is 1.94 bits per heavy atom. The van der Waals surface area contributed by atoms with Crippen LogP contribution in [0.1, 0.15) is 18.4 Å². The van der Waals surface area contributed by atoms with Gasteiger partial charge in [0.25, 0.3) is 0 Å². The van der Waals surface area contributed by atoms with Crippen LogP contribution < -0.4 is 14.8 Å². The van der Waals surface area contributed by atoms with Gasteiger partial charge < -0.3 is 14.8 Å². The van der Waals surface area contributed by atoms with Crippen LogP contribution in [0.4, 0.5) is 4.39 Å². The summed E-state index contributed by atoms with van der Waals surface area (Å²) >= 11 is 0. The summed E-state index contributed by atoms with van der Waals surface area (Å²) in [7, 11) is 2.99. The van der Waals surface area contributed by atoms with Crippen LogP contribution in [0.2, 0.25) is 0 Å². The Labute approximate surface area is 107 Å².